The van der Waals surface area contributed by atoms with E-state index in [1.54, 1.807) is 6.08 Å². The zero-order chi connectivity index (χ0) is 22.0. The van der Waals surface area contributed by atoms with Gasteiger partial charge in [0.2, 0.25) is 0 Å². The predicted octanol–water partition coefficient (Wildman–Crippen LogP) is 8.16. The fourth-order valence-corrected chi connectivity index (χ4v) is 1.40. The SMILES string of the molecule is C/C=C\N.C1CC1.C=C(NC)c1ccccc1.CCCC.CCCCC(C)C. The van der Waals surface area contributed by atoms with Gasteiger partial charge in [-0.05, 0) is 24.6 Å². The van der Waals surface area contributed by atoms with Gasteiger partial charge < -0.3 is 11.1 Å². The molecule has 2 heteroatoms. The maximum absolute atomic E-state index is 4.85. The van der Waals surface area contributed by atoms with Crippen molar-refractivity contribution < 1.29 is 0 Å². The summed E-state index contributed by atoms with van der Waals surface area (Å²) < 4.78 is 0. The minimum absolute atomic E-state index is 0.903. The molecule has 1 aliphatic carbocycles. The van der Waals surface area contributed by atoms with Crippen molar-refractivity contribution in [3.05, 3.63) is 54.8 Å². The Kier molecular flexibility index (Phi) is 30.5. The van der Waals surface area contributed by atoms with Crippen molar-refractivity contribution in [3.8, 4) is 0 Å². The Balaban J connectivity index is -0.000000303. The van der Waals surface area contributed by atoms with Crippen LogP contribution < -0.4 is 11.1 Å². The fourth-order valence-electron chi connectivity index (χ4n) is 1.40. The van der Waals surface area contributed by atoms with E-state index in [1.165, 1.54) is 57.6 Å². The first-order valence-electron chi connectivity index (χ1n) is 11.2. The van der Waals surface area contributed by atoms with E-state index in [1.807, 2.05) is 44.3 Å². The van der Waals surface area contributed by atoms with Crippen LogP contribution in [0.4, 0.5) is 0 Å². The minimum Gasteiger partial charge on any atom is -0.405 e. The molecule has 0 aliphatic heterocycles. The molecule has 0 spiro atoms. The van der Waals surface area contributed by atoms with Gasteiger partial charge in [-0.15, -0.1) is 0 Å². The van der Waals surface area contributed by atoms with Gasteiger partial charge in [0.15, 0.2) is 0 Å². The lowest BCUT2D eigenvalue weighted by Crippen LogP contribution is -2.01. The second kappa shape index (κ2) is 27.5. The molecule has 28 heavy (non-hydrogen) atoms. The number of allylic oxidation sites excluding steroid dienone is 1. The molecule has 0 heterocycles. The smallest absolute Gasteiger partial charge is 0.0338 e. The van der Waals surface area contributed by atoms with Crippen molar-refractivity contribution >= 4 is 5.70 Å². The maximum atomic E-state index is 4.85. The Bertz CT molecular complexity index is 411. The second-order valence-electron chi connectivity index (χ2n) is 7.22. The first kappa shape index (κ1) is 31.0. The Labute approximate surface area is 177 Å². The molecule has 1 aromatic carbocycles. The van der Waals surface area contributed by atoms with Gasteiger partial charge >= 0.3 is 0 Å². The van der Waals surface area contributed by atoms with Crippen molar-refractivity contribution in [2.45, 2.75) is 92.9 Å². The van der Waals surface area contributed by atoms with E-state index in [4.69, 9.17) is 5.73 Å². The van der Waals surface area contributed by atoms with Gasteiger partial charge in [0.1, 0.15) is 0 Å². The lowest BCUT2D eigenvalue weighted by atomic mass is 10.1. The highest BCUT2D eigenvalue weighted by Gasteiger charge is 1.95. The number of benzene rings is 1. The van der Waals surface area contributed by atoms with Crippen LogP contribution >= 0.6 is 0 Å². The molecule has 3 N–H and O–H groups in total. The van der Waals surface area contributed by atoms with Gasteiger partial charge in [-0.3, -0.25) is 0 Å². The first-order valence-corrected chi connectivity index (χ1v) is 11.2. The van der Waals surface area contributed by atoms with E-state index in [2.05, 4.69) is 46.5 Å². The number of nitrogens with two attached hydrogens (primary N) is 1. The van der Waals surface area contributed by atoms with Gasteiger partial charge in [0.05, 0.1) is 0 Å². The number of rotatable bonds is 6. The van der Waals surface area contributed by atoms with Crippen LogP contribution in [0.3, 0.4) is 0 Å². The van der Waals surface area contributed by atoms with E-state index in [9.17, 15) is 0 Å². The summed E-state index contributed by atoms with van der Waals surface area (Å²) in [5.41, 5.74) is 6.95. The summed E-state index contributed by atoms with van der Waals surface area (Å²) in [6.07, 6.45) is 14.6. The lowest BCUT2D eigenvalue weighted by molar-refractivity contribution is 0.550. The number of hydrogen-bond acceptors (Lipinski definition) is 2. The molecule has 2 nitrogen and oxygen atoms in total. The molecule has 0 bridgehead atoms. The standard InChI is InChI=1S/C9H11N.C7H16.C4H10.C3H7N.C3H6/c1-8(10-2)9-6-4-3-5-7-9;1-4-5-6-7(2)3;1-3-4-2;1-2-3-4;1-2-3-1/h3-7,10H,1H2,2H3;7H,4-6H2,1-3H3;3-4H2,1-2H3;2-3H,4H2,1H3;1-3H2/b;;;3-2-;. The Morgan fingerprint density at radius 3 is 1.71 bits per heavy atom. The van der Waals surface area contributed by atoms with Gasteiger partial charge in [-0.1, -0.05) is 129 Å². The Morgan fingerprint density at radius 1 is 1.04 bits per heavy atom. The van der Waals surface area contributed by atoms with Crippen molar-refractivity contribution in [1.82, 2.24) is 5.32 Å². The van der Waals surface area contributed by atoms with Crippen molar-refractivity contribution in [1.29, 1.82) is 0 Å². The molecule has 0 unspecified atom stereocenters. The van der Waals surface area contributed by atoms with Crippen LogP contribution in [0.2, 0.25) is 0 Å². The first-order chi connectivity index (χ1) is 13.4. The normalized spacial score (nSPS) is 10.7. The lowest BCUT2D eigenvalue weighted by Gasteiger charge is -2.02. The number of nitrogens with one attached hydrogen (secondary N) is 1. The van der Waals surface area contributed by atoms with E-state index < -0.39 is 0 Å². The minimum atomic E-state index is 0.903. The van der Waals surface area contributed by atoms with Gasteiger partial charge in [-0.25, -0.2) is 0 Å². The third-order valence-electron chi connectivity index (χ3n) is 3.61. The van der Waals surface area contributed by atoms with Crippen LogP contribution in [0.25, 0.3) is 5.70 Å². The van der Waals surface area contributed by atoms with E-state index in [-0.39, 0.29) is 0 Å². The van der Waals surface area contributed by atoms with Gasteiger partial charge in [0.25, 0.3) is 0 Å². The van der Waals surface area contributed by atoms with Crippen molar-refractivity contribution in [2.24, 2.45) is 11.7 Å². The van der Waals surface area contributed by atoms with Crippen LogP contribution in [0.15, 0.2) is 49.2 Å². The van der Waals surface area contributed by atoms with Crippen LogP contribution in [-0.2, 0) is 0 Å². The number of unbranched alkanes of at least 4 members (excludes halogenated alkanes) is 2. The van der Waals surface area contributed by atoms with Gasteiger partial charge in [-0.2, -0.15) is 0 Å². The largest absolute Gasteiger partial charge is 0.405 e. The summed E-state index contributed by atoms with van der Waals surface area (Å²) in [5, 5.41) is 2.99. The fraction of sp³-hybridized carbons (Fsp3) is 0.615. The quantitative estimate of drug-likeness (QED) is 0.514. The van der Waals surface area contributed by atoms with Crippen LogP contribution in [0, 0.1) is 5.92 Å². The zero-order valence-corrected chi connectivity index (χ0v) is 20.1. The maximum Gasteiger partial charge on any atom is 0.0338 e. The average Bonchev–Trinajstić information content (AvgIpc) is 3.62. The molecule has 0 atom stereocenters. The van der Waals surface area contributed by atoms with Gasteiger partial charge in [0, 0.05) is 12.7 Å². The Morgan fingerprint density at radius 2 is 1.50 bits per heavy atom. The Hall–Kier alpha value is -1.70. The summed E-state index contributed by atoms with van der Waals surface area (Å²) >= 11 is 0. The summed E-state index contributed by atoms with van der Waals surface area (Å²) in [6, 6.07) is 10.0. The molecule has 0 amide bonds. The molecule has 0 aromatic heterocycles. The monoisotopic (exact) mass is 390 g/mol. The van der Waals surface area contributed by atoms with E-state index >= 15 is 0 Å². The third kappa shape index (κ3) is 35.4. The molecule has 1 aromatic rings. The molecule has 1 fully saturated rings. The van der Waals surface area contributed by atoms with Crippen molar-refractivity contribution in [3.63, 3.8) is 0 Å². The van der Waals surface area contributed by atoms with E-state index in [0.717, 1.165) is 17.2 Å². The number of hydrogen-bond donors (Lipinski definition) is 2. The van der Waals surface area contributed by atoms with Crippen LogP contribution in [0.5, 0.6) is 0 Å². The zero-order valence-electron chi connectivity index (χ0n) is 20.1. The molecule has 0 saturated heterocycles. The summed E-state index contributed by atoms with van der Waals surface area (Å²) in [7, 11) is 1.87. The second-order valence-corrected chi connectivity index (χ2v) is 7.22. The average molecular weight is 391 g/mol. The summed E-state index contributed by atoms with van der Waals surface area (Å²) in [4.78, 5) is 0. The van der Waals surface area contributed by atoms with Crippen LogP contribution in [0.1, 0.15) is 98.5 Å². The highest BCUT2D eigenvalue weighted by atomic mass is 14.8. The summed E-state index contributed by atoms with van der Waals surface area (Å²) in [5.74, 6) is 0.903. The topological polar surface area (TPSA) is 38.0 Å². The van der Waals surface area contributed by atoms with E-state index in [0.29, 0.717) is 0 Å². The summed E-state index contributed by atoms with van der Waals surface area (Å²) in [6.45, 7) is 16.9. The molecule has 1 saturated carbocycles. The molecular formula is C26H50N2. The molecule has 1 aliphatic rings. The molecule has 164 valence electrons. The third-order valence-corrected chi connectivity index (χ3v) is 3.61. The molecular weight excluding hydrogens is 340 g/mol. The van der Waals surface area contributed by atoms with Crippen LogP contribution in [-0.4, -0.2) is 7.05 Å². The highest BCUT2D eigenvalue weighted by Crippen LogP contribution is 2.14. The highest BCUT2D eigenvalue weighted by molar-refractivity contribution is 5.60. The predicted molar refractivity (Wildman–Crippen MR) is 132 cm³/mol. The molecule has 0 radical (unpaired) electrons. The van der Waals surface area contributed by atoms with Crippen molar-refractivity contribution in [2.75, 3.05) is 7.05 Å². The molecule has 2 rings (SSSR count).